The molecule has 0 aliphatic carbocycles. The molecule has 0 heterocycles. The van der Waals surface area contributed by atoms with Crippen molar-refractivity contribution in [2.24, 2.45) is 5.92 Å². The summed E-state index contributed by atoms with van der Waals surface area (Å²) in [7, 11) is 2.03. The number of unbranched alkanes of at least 4 members (excludes halogenated alkanes) is 2. The zero-order valence-corrected chi connectivity index (χ0v) is 9.73. The Morgan fingerprint density at radius 2 is 1.77 bits per heavy atom. The van der Waals surface area contributed by atoms with E-state index in [-0.39, 0.29) is 0 Å². The molecule has 80 valence electrons. The summed E-state index contributed by atoms with van der Waals surface area (Å²) in [5, 5.41) is 3.19. The molecule has 0 bridgehead atoms. The molecule has 1 N–H and O–H groups in total. The SMILES string of the molecule is CCCC(CC)CCCCCNC. The smallest absolute Gasteiger partial charge is 0.00519 e. The predicted octanol–water partition coefficient (Wildman–Crippen LogP) is 3.59. The quantitative estimate of drug-likeness (QED) is 0.541. The van der Waals surface area contributed by atoms with Crippen LogP contribution in [-0.4, -0.2) is 13.6 Å². The molecule has 0 aliphatic heterocycles. The summed E-state index contributed by atoms with van der Waals surface area (Å²) in [5.41, 5.74) is 0. The molecule has 0 fully saturated rings. The predicted molar refractivity (Wildman–Crippen MR) is 61.1 cm³/mol. The van der Waals surface area contributed by atoms with Crippen molar-refractivity contribution in [2.45, 2.75) is 58.8 Å². The van der Waals surface area contributed by atoms with E-state index in [1.165, 1.54) is 51.5 Å². The van der Waals surface area contributed by atoms with E-state index in [1.807, 2.05) is 7.05 Å². The second-order valence-electron chi connectivity index (χ2n) is 4.02. The lowest BCUT2D eigenvalue weighted by atomic mass is 9.94. The topological polar surface area (TPSA) is 12.0 Å². The summed E-state index contributed by atoms with van der Waals surface area (Å²) in [6, 6.07) is 0. The van der Waals surface area contributed by atoms with E-state index in [0.717, 1.165) is 5.92 Å². The zero-order valence-electron chi connectivity index (χ0n) is 9.73. The van der Waals surface area contributed by atoms with E-state index in [4.69, 9.17) is 0 Å². The normalized spacial score (nSPS) is 13.2. The van der Waals surface area contributed by atoms with E-state index >= 15 is 0 Å². The first-order valence-corrected chi connectivity index (χ1v) is 5.99. The Balaban J connectivity index is 3.17. The summed E-state index contributed by atoms with van der Waals surface area (Å²) < 4.78 is 0. The molecular formula is C12H27N. The fourth-order valence-corrected chi connectivity index (χ4v) is 1.87. The van der Waals surface area contributed by atoms with Gasteiger partial charge >= 0.3 is 0 Å². The van der Waals surface area contributed by atoms with Gasteiger partial charge in [0.25, 0.3) is 0 Å². The van der Waals surface area contributed by atoms with Gasteiger partial charge in [0.1, 0.15) is 0 Å². The average molecular weight is 185 g/mol. The third kappa shape index (κ3) is 8.29. The highest BCUT2D eigenvalue weighted by atomic mass is 14.8. The van der Waals surface area contributed by atoms with E-state index in [1.54, 1.807) is 0 Å². The Morgan fingerprint density at radius 1 is 1.00 bits per heavy atom. The van der Waals surface area contributed by atoms with Crippen LogP contribution in [0.3, 0.4) is 0 Å². The first-order valence-electron chi connectivity index (χ1n) is 5.99. The maximum Gasteiger partial charge on any atom is -0.00519 e. The van der Waals surface area contributed by atoms with Crippen molar-refractivity contribution in [1.82, 2.24) is 5.32 Å². The Bertz CT molecular complexity index is 91.1. The number of hydrogen-bond donors (Lipinski definition) is 1. The molecule has 0 aromatic rings. The van der Waals surface area contributed by atoms with Crippen LogP contribution in [0.4, 0.5) is 0 Å². The fraction of sp³-hybridized carbons (Fsp3) is 1.00. The molecule has 0 rings (SSSR count). The number of rotatable bonds is 9. The fourth-order valence-electron chi connectivity index (χ4n) is 1.87. The molecule has 0 aromatic heterocycles. The maximum atomic E-state index is 3.19. The molecule has 0 radical (unpaired) electrons. The van der Waals surface area contributed by atoms with Crippen LogP contribution in [0.1, 0.15) is 58.8 Å². The van der Waals surface area contributed by atoms with Gasteiger partial charge in [0.05, 0.1) is 0 Å². The van der Waals surface area contributed by atoms with Gasteiger partial charge in [-0.2, -0.15) is 0 Å². The van der Waals surface area contributed by atoms with Gasteiger partial charge in [0.15, 0.2) is 0 Å². The van der Waals surface area contributed by atoms with E-state index in [0.29, 0.717) is 0 Å². The minimum Gasteiger partial charge on any atom is -0.320 e. The molecule has 0 saturated carbocycles. The Kier molecular flexibility index (Phi) is 10.0. The summed E-state index contributed by atoms with van der Waals surface area (Å²) in [6.45, 7) is 5.81. The van der Waals surface area contributed by atoms with Crippen LogP contribution in [-0.2, 0) is 0 Å². The molecule has 1 atom stereocenters. The van der Waals surface area contributed by atoms with E-state index < -0.39 is 0 Å². The summed E-state index contributed by atoms with van der Waals surface area (Å²) in [4.78, 5) is 0. The van der Waals surface area contributed by atoms with Gasteiger partial charge in [-0.3, -0.25) is 0 Å². The average Bonchev–Trinajstić information content (AvgIpc) is 2.16. The number of nitrogens with one attached hydrogen (secondary N) is 1. The number of hydrogen-bond acceptors (Lipinski definition) is 1. The summed E-state index contributed by atoms with van der Waals surface area (Å²) >= 11 is 0. The van der Waals surface area contributed by atoms with Crippen LogP contribution >= 0.6 is 0 Å². The standard InChI is InChI=1S/C12H27N/c1-4-9-12(5-2)10-7-6-8-11-13-3/h12-13H,4-11H2,1-3H3. The molecular weight excluding hydrogens is 158 g/mol. The zero-order chi connectivity index (χ0) is 9.94. The minimum absolute atomic E-state index is 1.000. The lowest BCUT2D eigenvalue weighted by Gasteiger charge is -2.12. The maximum absolute atomic E-state index is 3.19. The van der Waals surface area contributed by atoms with Crippen molar-refractivity contribution in [3.8, 4) is 0 Å². The summed E-state index contributed by atoms with van der Waals surface area (Å²) in [6.07, 6.45) is 9.80. The minimum atomic E-state index is 1.000. The second-order valence-corrected chi connectivity index (χ2v) is 4.02. The highest BCUT2D eigenvalue weighted by Gasteiger charge is 2.03. The Hall–Kier alpha value is -0.0400. The molecule has 1 unspecified atom stereocenters. The van der Waals surface area contributed by atoms with Crippen molar-refractivity contribution < 1.29 is 0 Å². The van der Waals surface area contributed by atoms with Crippen LogP contribution in [0, 0.1) is 5.92 Å². The molecule has 0 aliphatic rings. The summed E-state index contributed by atoms with van der Waals surface area (Å²) in [5.74, 6) is 1.000. The van der Waals surface area contributed by atoms with Crippen molar-refractivity contribution in [1.29, 1.82) is 0 Å². The molecule has 0 saturated heterocycles. The van der Waals surface area contributed by atoms with Crippen LogP contribution in [0.2, 0.25) is 0 Å². The first kappa shape index (κ1) is 13.0. The van der Waals surface area contributed by atoms with Crippen LogP contribution < -0.4 is 5.32 Å². The van der Waals surface area contributed by atoms with Gasteiger partial charge < -0.3 is 5.32 Å². The van der Waals surface area contributed by atoms with Crippen LogP contribution in [0.25, 0.3) is 0 Å². The molecule has 1 nitrogen and oxygen atoms in total. The van der Waals surface area contributed by atoms with Crippen LogP contribution in [0.5, 0.6) is 0 Å². The molecule has 0 aromatic carbocycles. The molecule has 1 heteroatoms. The van der Waals surface area contributed by atoms with Crippen molar-refractivity contribution in [3.63, 3.8) is 0 Å². The van der Waals surface area contributed by atoms with Gasteiger partial charge in [-0.1, -0.05) is 52.4 Å². The molecule has 0 spiro atoms. The molecule has 13 heavy (non-hydrogen) atoms. The third-order valence-corrected chi connectivity index (χ3v) is 2.81. The lowest BCUT2D eigenvalue weighted by molar-refractivity contribution is 0.410. The monoisotopic (exact) mass is 185 g/mol. The Labute approximate surface area is 84.3 Å². The highest BCUT2D eigenvalue weighted by molar-refractivity contribution is 4.57. The van der Waals surface area contributed by atoms with Crippen molar-refractivity contribution in [3.05, 3.63) is 0 Å². The van der Waals surface area contributed by atoms with Crippen molar-refractivity contribution in [2.75, 3.05) is 13.6 Å². The first-order chi connectivity index (χ1) is 6.35. The van der Waals surface area contributed by atoms with Gasteiger partial charge in [0, 0.05) is 0 Å². The van der Waals surface area contributed by atoms with Gasteiger partial charge in [0.2, 0.25) is 0 Å². The van der Waals surface area contributed by atoms with Crippen molar-refractivity contribution >= 4 is 0 Å². The Morgan fingerprint density at radius 3 is 2.31 bits per heavy atom. The third-order valence-electron chi connectivity index (χ3n) is 2.81. The lowest BCUT2D eigenvalue weighted by Crippen LogP contribution is -2.07. The largest absolute Gasteiger partial charge is 0.320 e. The highest BCUT2D eigenvalue weighted by Crippen LogP contribution is 2.18. The van der Waals surface area contributed by atoms with Gasteiger partial charge in [-0.15, -0.1) is 0 Å². The molecule has 0 amide bonds. The van der Waals surface area contributed by atoms with Gasteiger partial charge in [-0.05, 0) is 25.9 Å². The van der Waals surface area contributed by atoms with Crippen LogP contribution in [0.15, 0.2) is 0 Å². The van der Waals surface area contributed by atoms with E-state index in [2.05, 4.69) is 19.2 Å². The second kappa shape index (κ2) is 10.0. The van der Waals surface area contributed by atoms with Gasteiger partial charge in [-0.25, -0.2) is 0 Å². The van der Waals surface area contributed by atoms with E-state index in [9.17, 15) is 0 Å².